The van der Waals surface area contributed by atoms with Crippen LogP contribution in [0.5, 0.6) is 0 Å². The molecule has 0 aliphatic heterocycles. The molecule has 0 aliphatic rings. The number of aryl methyl sites for hydroxylation is 1. The van der Waals surface area contributed by atoms with Crippen molar-refractivity contribution in [3.05, 3.63) is 77.4 Å². The van der Waals surface area contributed by atoms with Gasteiger partial charge in [0.1, 0.15) is 0 Å². The van der Waals surface area contributed by atoms with Crippen LogP contribution in [-0.4, -0.2) is 26.3 Å². The number of carbonyl (C=O) groups is 1. The highest BCUT2D eigenvalue weighted by Gasteiger charge is 2.18. The third-order valence-electron chi connectivity index (χ3n) is 3.56. The second-order valence-electron chi connectivity index (χ2n) is 5.33. The number of H-pyrrole nitrogens is 1. The lowest BCUT2D eigenvalue weighted by Gasteiger charge is -2.18. The molecule has 0 saturated heterocycles. The number of nitrogens with one attached hydrogen (secondary N) is 2. The molecule has 116 valence electrons. The molecule has 1 atom stereocenters. The Morgan fingerprint density at radius 2 is 2.04 bits per heavy atom. The lowest BCUT2D eigenvalue weighted by Crippen LogP contribution is -2.30. The van der Waals surface area contributed by atoms with Gasteiger partial charge in [-0.15, -0.1) is 0 Å². The van der Waals surface area contributed by atoms with E-state index in [-0.39, 0.29) is 17.6 Å². The first-order valence-electron chi connectivity index (χ1n) is 7.35. The lowest BCUT2D eigenvalue weighted by atomic mass is 10.0. The topological polar surface area (TPSA) is 83.6 Å². The third kappa shape index (κ3) is 3.79. The molecule has 2 aromatic heterocycles. The fraction of sp³-hybridized carbons (Fsp3) is 0.176. The number of rotatable bonds is 5. The number of benzene rings is 1. The van der Waals surface area contributed by atoms with Crippen LogP contribution in [0.25, 0.3) is 0 Å². The molecule has 6 nitrogen and oxygen atoms in total. The average molecular weight is 307 g/mol. The molecule has 1 amide bonds. The molecule has 3 aromatic rings. The molecule has 3 rings (SSSR count). The molecule has 6 heteroatoms. The van der Waals surface area contributed by atoms with Crippen LogP contribution in [0.15, 0.2) is 54.9 Å². The first-order chi connectivity index (χ1) is 11.2. The summed E-state index contributed by atoms with van der Waals surface area (Å²) < 4.78 is 0. The van der Waals surface area contributed by atoms with Gasteiger partial charge in [-0.25, -0.2) is 0 Å². The van der Waals surface area contributed by atoms with Gasteiger partial charge in [-0.05, 0) is 31.0 Å². The van der Waals surface area contributed by atoms with Crippen LogP contribution in [0.4, 0.5) is 0 Å². The smallest absolute Gasteiger partial charge is 0.274 e. The van der Waals surface area contributed by atoms with Crippen LogP contribution < -0.4 is 5.32 Å². The lowest BCUT2D eigenvalue weighted by molar-refractivity contribution is 0.0930. The summed E-state index contributed by atoms with van der Waals surface area (Å²) in [4.78, 5) is 16.6. The summed E-state index contributed by atoms with van der Waals surface area (Å²) in [6, 6.07) is 13.7. The van der Waals surface area contributed by atoms with Gasteiger partial charge in [0.15, 0.2) is 5.69 Å². The van der Waals surface area contributed by atoms with Gasteiger partial charge >= 0.3 is 0 Å². The van der Waals surface area contributed by atoms with Crippen molar-refractivity contribution in [1.29, 1.82) is 0 Å². The van der Waals surface area contributed by atoms with Gasteiger partial charge in [0.05, 0.1) is 17.9 Å². The Labute approximate surface area is 134 Å². The molecule has 23 heavy (non-hydrogen) atoms. The van der Waals surface area contributed by atoms with E-state index in [9.17, 15) is 4.79 Å². The van der Waals surface area contributed by atoms with Gasteiger partial charge in [-0.1, -0.05) is 35.9 Å². The van der Waals surface area contributed by atoms with E-state index in [1.807, 2.05) is 25.1 Å². The molecule has 2 heterocycles. The van der Waals surface area contributed by atoms with E-state index in [2.05, 4.69) is 50.0 Å². The first kappa shape index (κ1) is 14.9. The molecular formula is C17H17N5O. The number of carbonyl (C=O) groups excluding carboxylic acids is 1. The van der Waals surface area contributed by atoms with Crippen molar-refractivity contribution in [2.45, 2.75) is 19.4 Å². The van der Waals surface area contributed by atoms with Crippen LogP contribution in [0.3, 0.4) is 0 Å². The summed E-state index contributed by atoms with van der Waals surface area (Å²) >= 11 is 0. The van der Waals surface area contributed by atoms with E-state index in [4.69, 9.17) is 0 Å². The quantitative estimate of drug-likeness (QED) is 0.757. The van der Waals surface area contributed by atoms with Crippen LogP contribution in [0, 0.1) is 6.92 Å². The highest BCUT2D eigenvalue weighted by atomic mass is 16.2. The minimum Gasteiger partial charge on any atom is -0.342 e. The molecule has 0 radical (unpaired) electrons. The molecule has 0 aliphatic carbocycles. The largest absolute Gasteiger partial charge is 0.342 e. The number of aromatic nitrogens is 4. The Balaban J connectivity index is 1.82. The molecule has 0 spiro atoms. The van der Waals surface area contributed by atoms with Gasteiger partial charge in [-0.2, -0.15) is 15.4 Å². The zero-order chi connectivity index (χ0) is 16.1. The normalized spacial score (nSPS) is 11.9. The van der Waals surface area contributed by atoms with Gasteiger partial charge < -0.3 is 5.32 Å². The molecule has 1 aromatic carbocycles. The summed E-state index contributed by atoms with van der Waals surface area (Å²) in [5, 5.41) is 12.9. The fourth-order valence-electron chi connectivity index (χ4n) is 2.31. The SMILES string of the molecule is Cc1ccc(C[C@@H](NC(=O)c2cn[nH]n2)c2ccccn2)cc1. The van der Waals surface area contributed by atoms with Crippen molar-refractivity contribution in [2.24, 2.45) is 0 Å². The number of amides is 1. The predicted molar refractivity (Wildman–Crippen MR) is 85.7 cm³/mol. The van der Waals surface area contributed by atoms with E-state index >= 15 is 0 Å². The minimum absolute atomic E-state index is 0.233. The van der Waals surface area contributed by atoms with Gasteiger partial charge in [0.25, 0.3) is 5.91 Å². The standard InChI is InChI=1S/C17H17N5O/c1-12-5-7-13(8-6-12)10-15(14-4-2-3-9-18-14)20-17(23)16-11-19-22-21-16/h2-9,11,15H,10H2,1H3,(H,20,23)(H,19,21,22)/t15-/m1/s1. The van der Waals surface area contributed by atoms with Gasteiger partial charge in [-0.3, -0.25) is 9.78 Å². The molecule has 2 N–H and O–H groups in total. The van der Waals surface area contributed by atoms with Crippen LogP contribution in [0.1, 0.15) is 33.4 Å². The number of hydrogen-bond acceptors (Lipinski definition) is 4. The van der Waals surface area contributed by atoms with Crippen LogP contribution in [-0.2, 0) is 6.42 Å². The van der Waals surface area contributed by atoms with E-state index < -0.39 is 0 Å². The zero-order valence-corrected chi connectivity index (χ0v) is 12.7. The van der Waals surface area contributed by atoms with Crippen molar-refractivity contribution in [1.82, 2.24) is 25.7 Å². The maximum atomic E-state index is 12.3. The van der Waals surface area contributed by atoms with Crippen molar-refractivity contribution in [3.63, 3.8) is 0 Å². The molecule has 0 saturated carbocycles. The van der Waals surface area contributed by atoms with Gasteiger partial charge in [0.2, 0.25) is 0 Å². The van der Waals surface area contributed by atoms with E-state index in [0.717, 1.165) is 11.3 Å². The summed E-state index contributed by atoms with van der Waals surface area (Å²) in [6.45, 7) is 2.05. The highest BCUT2D eigenvalue weighted by molar-refractivity contribution is 5.92. The summed E-state index contributed by atoms with van der Waals surface area (Å²) in [6.07, 6.45) is 3.78. The Morgan fingerprint density at radius 1 is 1.22 bits per heavy atom. The van der Waals surface area contributed by atoms with E-state index in [1.54, 1.807) is 6.20 Å². The van der Waals surface area contributed by atoms with E-state index in [1.165, 1.54) is 11.8 Å². The average Bonchev–Trinajstić information content (AvgIpc) is 3.12. The first-order valence-corrected chi connectivity index (χ1v) is 7.35. The van der Waals surface area contributed by atoms with Crippen molar-refractivity contribution < 1.29 is 4.79 Å². The molecule has 0 unspecified atom stereocenters. The summed E-state index contributed by atoms with van der Waals surface area (Å²) in [7, 11) is 0. The number of nitrogens with zero attached hydrogens (tertiary/aromatic N) is 3. The Hall–Kier alpha value is -3.02. The van der Waals surface area contributed by atoms with Crippen LogP contribution >= 0.6 is 0 Å². The third-order valence-corrected chi connectivity index (χ3v) is 3.56. The Kier molecular flexibility index (Phi) is 4.42. The highest BCUT2D eigenvalue weighted by Crippen LogP contribution is 2.17. The number of hydrogen-bond donors (Lipinski definition) is 2. The Bertz CT molecular complexity index is 753. The predicted octanol–water partition coefficient (Wildman–Crippen LogP) is 2.22. The minimum atomic E-state index is -0.276. The summed E-state index contributed by atoms with van der Waals surface area (Å²) in [5.74, 6) is -0.276. The number of pyridine rings is 1. The summed E-state index contributed by atoms with van der Waals surface area (Å²) in [5.41, 5.74) is 3.40. The Morgan fingerprint density at radius 3 is 2.70 bits per heavy atom. The zero-order valence-electron chi connectivity index (χ0n) is 12.7. The van der Waals surface area contributed by atoms with Crippen molar-refractivity contribution >= 4 is 5.91 Å². The van der Waals surface area contributed by atoms with Crippen molar-refractivity contribution in [3.8, 4) is 0 Å². The molecular weight excluding hydrogens is 290 g/mol. The second kappa shape index (κ2) is 6.83. The second-order valence-corrected chi connectivity index (χ2v) is 5.33. The maximum absolute atomic E-state index is 12.3. The maximum Gasteiger partial charge on any atom is 0.274 e. The fourth-order valence-corrected chi connectivity index (χ4v) is 2.31. The van der Waals surface area contributed by atoms with Gasteiger partial charge in [0, 0.05) is 6.20 Å². The number of aromatic amines is 1. The monoisotopic (exact) mass is 307 g/mol. The molecule has 0 fully saturated rings. The van der Waals surface area contributed by atoms with E-state index in [0.29, 0.717) is 6.42 Å². The molecule has 0 bridgehead atoms. The van der Waals surface area contributed by atoms with Crippen LogP contribution in [0.2, 0.25) is 0 Å². The van der Waals surface area contributed by atoms with Crippen molar-refractivity contribution in [2.75, 3.05) is 0 Å².